The van der Waals surface area contributed by atoms with Gasteiger partial charge in [0.25, 0.3) is 0 Å². The standard InChI is InChI=1S/C22H21NO/c1-14-15(2)22(24)21(20(14)16-9-5-4-6-10-16)18-13-23(3)19-12-8-7-11-17(18)19/h4-13,20-21H,1-3H3/t20-,21-/m1/s1. The third-order valence-electron chi connectivity index (χ3n) is 5.46. The van der Waals surface area contributed by atoms with E-state index in [4.69, 9.17) is 0 Å². The Morgan fingerprint density at radius 1 is 0.875 bits per heavy atom. The molecule has 120 valence electrons. The average Bonchev–Trinajstić information content (AvgIpc) is 3.05. The molecule has 0 bridgehead atoms. The highest BCUT2D eigenvalue weighted by atomic mass is 16.1. The molecule has 0 amide bonds. The molecule has 1 heterocycles. The van der Waals surface area contributed by atoms with Gasteiger partial charge in [0.05, 0.1) is 5.92 Å². The predicted molar refractivity (Wildman–Crippen MR) is 98.2 cm³/mol. The number of nitrogens with zero attached hydrogens (tertiary/aromatic N) is 1. The van der Waals surface area contributed by atoms with E-state index in [1.807, 2.05) is 19.1 Å². The van der Waals surface area contributed by atoms with Crippen LogP contribution in [0.1, 0.15) is 36.8 Å². The Morgan fingerprint density at radius 2 is 1.54 bits per heavy atom. The molecule has 2 atom stereocenters. The molecular weight excluding hydrogens is 294 g/mol. The first-order chi connectivity index (χ1) is 11.6. The van der Waals surface area contributed by atoms with Crippen molar-refractivity contribution in [3.05, 3.63) is 83.1 Å². The van der Waals surface area contributed by atoms with Gasteiger partial charge in [-0.05, 0) is 36.6 Å². The fourth-order valence-corrected chi connectivity index (χ4v) is 4.11. The monoisotopic (exact) mass is 315 g/mol. The number of aromatic nitrogens is 1. The maximum Gasteiger partial charge on any atom is 0.167 e. The molecule has 1 aliphatic carbocycles. The second-order valence-electron chi connectivity index (χ2n) is 6.75. The summed E-state index contributed by atoms with van der Waals surface area (Å²) in [5.41, 5.74) is 5.65. The van der Waals surface area contributed by atoms with Gasteiger partial charge in [0.1, 0.15) is 0 Å². The van der Waals surface area contributed by atoms with Crippen molar-refractivity contribution in [2.75, 3.05) is 0 Å². The molecule has 0 unspecified atom stereocenters. The fraction of sp³-hybridized carbons (Fsp3) is 0.227. The van der Waals surface area contributed by atoms with Crippen LogP contribution >= 0.6 is 0 Å². The van der Waals surface area contributed by atoms with Crippen molar-refractivity contribution in [1.29, 1.82) is 0 Å². The number of allylic oxidation sites excluding steroid dienone is 2. The summed E-state index contributed by atoms with van der Waals surface area (Å²) in [5, 5.41) is 1.18. The molecule has 1 aromatic heterocycles. The van der Waals surface area contributed by atoms with Crippen LogP contribution in [0.4, 0.5) is 0 Å². The molecule has 4 rings (SSSR count). The van der Waals surface area contributed by atoms with Crippen molar-refractivity contribution in [3.63, 3.8) is 0 Å². The third-order valence-corrected chi connectivity index (χ3v) is 5.46. The van der Waals surface area contributed by atoms with Crippen molar-refractivity contribution >= 4 is 16.7 Å². The Morgan fingerprint density at radius 3 is 2.29 bits per heavy atom. The van der Waals surface area contributed by atoms with E-state index in [9.17, 15) is 4.79 Å². The number of benzene rings is 2. The number of carbonyl (C=O) groups excluding carboxylic acids is 1. The lowest BCUT2D eigenvalue weighted by atomic mass is 9.80. The number of aryl methyl sites for hydroxylation is 1. The van der Waals surface area contributed by atoms with Crippen LogP contribution in [-0.4, -0.2) is 10.4 Å². The van der Waals surface area contributed by atoms with Gasteiger partial charge in [0.15, 0.2) is 5.78 Å². The number of hydrogen-bond donors (Lipinski definition) is 0. The van der Waals surface area contributed by atoms with Crippen LogP contribution in [0, 0.1) is 0 Å². The summed E-state index contributed by atoms with van der Waals surface area (Å²) >= 11 is 0. The number of carbonyl (C=O) groups is 1. The quantitative estimate of drug-likeness (QED) is 0.655. The lowest BCUT2D eigenvalue weighted by molar-refractivity contribution is -0.116. The second kappa shape index (κ2) is 5.48. The van der Waals surface area contributed by atoms with E-state index in [1.165, 1.54) is 22.0 Å². The van der Waals surface area contributed by atoms with E-state index in [0.29, 0.717) is 0 Å². The maximum absolute atomic E-state index is 13.1. The Labute approximate surface area is 142 Å². The van der Waals surface area contributed by atoms with Crippen molar-refractivity contribution < 1.29 is 4.79 Å². The molecule has 0 saturated carbocycles. The van der Waals surface area contributed by atoms with Gasteiger partial charge in [-0.15, -0.1) is 0 Å². The SMILES string of the molecule is CC1=C(C)[C@H](c2ccccc2)[C@@H](c2cn(C)c3ccccc23)C1=O. The largest absolute Gasteiger partial charge is 0.350 e. The van der Waals surface area contributed by atoms with Crippen LogP contribution < -0.4 is 0 Å². The number of rotatable bonds is 2. The zero-order valence-corrected chi connectivity index (χ0v) is 14.3. The van der Waals surface area contributed by atoms with E-state index in [0.717, 1.165) is 11.1 Å². The molecule has 2 heteroatoms. The predicted octanol–water partition coefficient (Wildman–Crippen LogP) is 4.96. The molecule has 0 radical (unpaired) electrons. The van der Waals surface area contributed by atoms with Gasteiger partial charge in [0.2, 0.25) is 0 Å². The molecule has 2 nitrogen and oxygen atoms in total. The van der Waals surface area contributed by atoms with Gasteiger partial charge in [-0.3, -0.25) is 4.79 Å². The molecule has 0 spiro atoms. The molecular formula is C22H21NO. The first kappa shape index (κ1) is 14.9. The summed E-state index contributed by atoms with van der Waals surface area (Å²) in [6, 6.07) is 18.8. The minimum absolute atomic E-state index is 0.126. The molecule has 0 fully saturated rings. The van der Waals surface area contributed by atoms with Gasteiger partial charge >= 0.3 is 0 Å². The number of ketones is 1. The summed E-state index contributed by atoms with van der Waals surface area (Å²) < 4.78 is 2.13. The van der Waals surface area contributed by atoms with Crippen LogP contribution in [0.15, 0.2) is 71.9 Å². The van der Waals surface area contributed by atoms with Crippen molar-refractivity contribution in [1.82, 2.24) is 4.57 Å². The minimum Gasteiger partial charge on any atom is -0.350 e. The lowest BCUT2D eigenvalue weighted by Gasteiger charge is -2.21. The number of Topliss-reactive ketones (excluding diaryl/α,β-unsaturated/α-hetero) is 1. The molecule has 1 aliphatic rings. The summed E-state index contributed by atoms with van der Waals surface area (Å²) in [6.45, 7) is 4.08. The van der Waals surface area contributed by atoms with Crippen molar-refractivity contribution in [2.24, 2.45) is 7.05 Å². The van der Waals surface area contributed by atoms with Gasteiger partial charge in [0, 0.05) is 30.1 Å². The molecule has 2 aromatic carbocycles. The zero-order valence-electron chi connectivity index (χ0n) is 14.3. The van der Waals surface area contributed by atoms with Crippen molar-refractivity contribution in [3.8, 4) is 0 Å². The van der Waals surface area contributed by atoms with Crippen LogP contribution in [-0.2, 0) is 11.8 Å². The van der Waals surface area contributed by atoms with Gasteiger partial charge in [-0.1, -0.05) is 54.1 Å². The van der Waals surface area contributed by atoms with Gasteiger partial charge < -0.3 is 4.57 Å². The van der Waals surface area contributed by atoms with E-state index < -0.39 is 0 Å². The Kier molecular flexibility index (Phi) is 3.42. The summed E-state index contributed by atoms with van der Waals surface area (Å²) in [7, 11) is 2.05. The zero-order chi connectivity index (χ0) is 16.8. The molecule has 0 aliphatic heterocycles. The van der Waals surface area contributed by atoms with Gasteiger partial charge in [-0.2, -0.15) is 0 Å². The first-order valence-corrected chi connectivity index (χ1v) is 8.40. The van der Waals surface area contributed by atoms with Crippen LogP contribution in [0.2, 0.25) is 0 Å². The Bertz CT molecular complexity index is 962. The van der Waals surface area contributed by atoms with E-state index >= 15 is 0 Å². The highest BCUT2D eigenvalue weighted by molar-refractivity contribution is 6.07. The van der Waals surface area contributed by atoms with Gasteiger partial charge in [-0.25, -0.2) is 0 Å². The van der Waals surface area contributed by atoms with E-state index in [1.54, 1.807) is 0 Å². The molecule has 0 saturated heterocycles. The van der Waals surface area contributed by atoms with E-state index in [-0.39, 0.29) is 17.6 Å². The van der Waals surface area contributed by atoms with Crippen LogP contribution in [0.3, 0.4) is 0 Å². The Hall–Kier alpha value is -2.61. The summed E-state index contributed by atoms with van der Waals surface area (Å²) in [6.07, 6.45) is 2.13. The van der Waals surface area contributed by atoms with E-state index in [2.05, 4.69) is 67.2 Å². The lowest BCUT2D eigenvalue weighted by Crippen LogP contribution is -2.14. The normalized spacial score (nSPS) is 21.0. The molecule has 3 aromatic rings. The third kappa shape index (κ3) is 2.06. The van der Waals surface area contributed by atoms with Crippen LogP contribution in [0.5, 0.6) is 0 Å². The minimum atomic E-state index is -0.126. The second-order valence-corrected chi connectivity index (χ2v) is 6.75. The average molecular weight is 315 g/mol. The number of fused-ring (bicyclic) bond motifs is 1. The maximum atomic E-state index is 13.1. The summed E-state index contributed by atoms with van der Waals surface area (Å²) in [5.74, 6) is 0.265. The molecule has 0 N–H and O–H groups in total. The fourth-order valence-electron chi connectivity index (χ4n) is 4.11. The smallest absolute Gasteiger partial charge is 0.167 e. The topological polar surface area (TPSA) is 22.0 Å². The number of hydrogen-bond acceptors (Lipinski definition) is 1. The highest BCUT2D eigenvalue weighted by Gasteiger charge is 2.41. The number of para-hydroxylation sites is 1. The summed E-state index contributed by atoms with van der Waals surface area (Å²) in [4.78, 5) is 13.1. The Balaban J connectivity index is 1.94. The van der Waals surface area contributed by atoms with Crippen LogP contribution in [0.25, 0.3) is 10.9 Å². The highest BCUT2D eigenvalue weighted by Crippen LogP contribution is 2.48. The molecule has 24 heavy (non-hydrogen) atoms. The van der Waals surface area contributed by atoms with Crippen molar-refractivity contribution in [2.45, 2.75) is 25.7 Å². The first-order valence-electron chi connectivity index (χ1n) is 8.40.